The topological polar surface area (TPSA) is 76.0 Å². The Kier molecular flexibility index (Phi) is 5.56. The van der Waals surface area contributed by atoms with Crippen molar-refractivity contribution in [1.82, 2.24) is 20.2 Å². The molecule has 0 fully saturated rings. The van der Waals surface area contributed by atoms with Crippen LogP contribution < -0.4 is 10.6 Å². The largest absolute Gasteiger partial charge is 0.405 e. The number of carbonyl (C=O) groups is 2. The summed E-state index contributed by atoms with van der Waals surface area (Å²) in [4.78, 5) is 26.9. The van der Waals surface area contributed by atoms with E-state index in [0.717, 1.165) is 11.3 Å². The Morgan fingerprint density at radius 1 is 1.12 bits per heavy atom. The Labute approximate surface area is 135 Å². The van der Waals surface area contributed by atoms with Gasteiger partial charge in [0.1, 0.15) is 13.0 Å². The van der Waals surface area contributed by atoms with E-state index in [1.54, 1.807) is 40.7 Å². The van der Waals surface area contributed by atoms with Crippen LogP contribution in [0.5, 0.6) is 0 Å². The van der Waals surface area contributed by atoms with E-state index < -0.39 is 31.0 Å². The lowest BCUT2D eigenvalue weighted by Crippen LogP contribution is -2.37. The minimum absolute atomic E-state index is 0.139. The van der Waals surface area contributed by atoms with Crippen molar-refractivity contribution in [1.29, 1.82) is 0 Å². The first kappa shape index (κ1) is 17.5. The van der Waals surface area contributed by atoms with E-state index in [-0.39, 0.29) is 6.54 Å². The van der Waals surface area contributed by atoms with Gasteiger partial charge in [-0.05, 0) is 11.6 Å². The Morgan fingerprint density at radius 3 is 2.50 bits per heavy atom. The van der Waals surface area contributed by atoms with E-state index >= 15 is 0 Å². The van der Waals surface area contributed by atoms with Crippen LogP contribution in [0.1, 0.15) is 12.0 Å². The van der Waals surface area contributed by atoms with Gasteiger partial charge < -0.3 is 15.2 Å². The highest BCUT2D eigenvalue weighted by molar-refractivity contribution is 5.96. The number of para-hydroxylation sites is 1. The minimum Gasteiger partial charge on any atom is -0.351 e. The Hall–Kier alpha value is -2.84. The molecule has 2 amide bonds. The van der Waals surface area contributed by atoms with E-state index in [4.69, 9.17) is 0 Å². The molecule has 0 aliphatic carbocycles. The number of aromatic nitrogens is 2. The molecule has 9 heteroatoms. The van der Waals surface area contributed by atoms with Gasteiger partial charge in [0, 0.05) is 18.9 Å². The van der Waals surface area contributed by atoms with Crippen LogP contribution in [0.4, 0.5) is 13.2 Å². The van der Waals surface area contributed by atoms with Gasteiger partial charge in [0.25, 0.3) is 0 Å². The van der Waals surface area contributed by atoms with Crippen LogP contribution in [0, 0.1) is 0 Å². The summed E-state index contributed by atoms with van der Waals surface area (Å²) in [5, 5.41) is 4.16. The van der Waals surface area contributed by atoms with Crippen LogP contribution in [-0.4, -0.2) is 34.1 Å². The number of hydrogen-bond acceptors (Lipinski definition) is 3. The Bertz CT molecular complexity index is 699. The van der Waals surface area contributed by atoms with Gasteiger partial charge in [-0.2, -0.15) is 13.2 Å². The first-order valence-corrected chi connectivity index (χ1v) is 7.01. The zero-order valence-electron chi connectivity index (χ0n) is 12.5. The number of amides is 2. The first-order valence-electron chi connectivity index (χ1n) is 7.01. The summed E-state index contributed by atoms with van der Waals surface area (Å²) in [5.74, 6) is -1.64. The molecular formula is C15H15F3N4O2. The van der Waals surface area contributed by atoms with E-state index in [2.05, 4.69) is 10.3 Å². The van der Waals surface area contributed by atoms with Crippen molar-refractivity contribution in [2.24, 2.45) is 0 Å². The highest BCUT2D eigenvalue weighted by Gasteiger charge is 2.27. The van der Waals surface area contributed by atoms with Crippen molar-refractivity contribution in [3.05, 3.63) is 48.5 Å². The molecule has 0 bridgehead atoms. The summed E-state index contributed by atoms with van der Waals surface area (Å²) in [5.41, 5.74) is 1.58. The summed E-state index contributed by atoms with van der Waals surface area (Å²) < 4.78 is 37.7. The van der Waals surface area contributed by atoms with Crippen LogP contribution in [0.15, 0.2) is 43.0 Å². The van der Waals surface area contributed by atoms with Gasteiger partial charge in [-0.15, -0.1) is 0 Å². The second-order valence-corrected chi connectivity index (χ2v) is 4.94. The van der Waals surface area contributed by atoms with Crippen LogP contribution in [0.2, 0.25) is 0 Å². The molecule has 1 aromatic carbocycles. The maximum absolute atomic E-state index is 12.0. The van der Waals surface area contributed by atoms with Crippen molar-refractivity contribution in [2.45, 2.75) is 19.1 Å². The number of nitrogens with one attached hydrogen (secondary N) is 2. The summed E-state index contributed by atoms with van der Waals surface area (Å²) in [6.07, 6.45) is -0.212. The fraction of sp³-hybridized carbons (Fsp3) is 0.267. The average Bonchev–Trinajstić information content (AvgIpc) is 3.05. The van der Waals surface area contributed by atoms with Crippen molar-refractivity contribution in [3.8, 4) is 5.69 Å². The summed E-state index contributed by atoms with van der Waals surface area (Å²) in [6, 6.07) is 7.24. The molecule has 0 spiro atoms. The summed E-state index contributed by atoms with van der Waals surface area (Å²) in [6.45, 7) is -1.32. The van der Waals surface area contributed by atoms with Crippen LogP contribution >= 0.6 is 0 Å². The smallest absolute Gasteiger partial charge is 0.351 e. The fourth-order valence-corrected chi connectivity index (χ4v) is 1.98. The molecule has 0 aliphatic rings. The number of imidazole rings is 1. The van der Waals surface area contributed by atoms with Crippen molar-refractivity contribution in [2.75, 3.05) is 6.54 Å². The number of benzene rings is 1. The monoisotopic (exact) mass is 340 g/mol. The third-order valence-electron chi connectivity index (χ3n) is 3.06. The molecule has 1 aromatic heterocycles. The van der Waals surface area contributed by atoms with Gasteiger partial charge in [-0.25, -0.2) is 4.98 Å². The predicted octanol–water partition coefficient (Wildman–Crippen LogP) is 1.56. The number of carbonyl (C=O) groups excluding carboxylic acids is 2. The van der Waals surface area contributed by atoms with Gasteiger partial charge in [-0.3, -0.25) is 9.59 Å². The Morgan fingerprint density at radius 2 is 1.83 bits per heavy atom. The van der Waals surface area contributed by atoms with Gasteiger partial charge in [0.05, 0.1) is 12.0 Å². The van der Waals surface area contributed by atoms with Crippen LogP contribution in [0.3, 0.4) is 0 Å². The number of hydrogen-bond donors (Lipinski definition) is 2. The van der Waals surface area contributed by atoms with Gasteiger partial charge >= 0.3 is 6.18 Å². The molecule has 2 rings (SSSR count). The Balaban J connectivity index is 1.88. The maximum Gasteiger partial charge on any atom is 0.405 e. The van der Waals surface area contributed by atoms with E-state index in [0.29, 0.717) is 0 Å². The molecule has 2 N–H and O–H groups in total. The molecule has 0 saturated carbocycles. The highest BCUT2D eigenvalue weighted by Crippen LogP contribution is 2.14. The summed E-state index contributed by atoms with van der Waals surface area (Å²) >= 11 is 0. The van der Waals surface area contributed by atoms with Crippen molar-refractivity contribution >= 4 is 11.8 Å². The normalized spacial score (nSPS) is 11.1. The molecule has 6 nitrogen and oxygen atoms in total. The molecule has 0 unspecified atom stereocenters. The van der Waals surface area contributed by atoms with Crippen LogP contribution in [0.25, 0.3) is 5.69 Å². The minimum atomic E-state index is -4.50. The molecule has 0 saturated heterocycles. The molecule has 0 radical (unpaired) electrons. The molecule has 24 heavy (non-hydrogen) atoms. The predicted molar refractivity (Wildman–Crippen MR) is 79.1 cm³/mol. The molecule has 2 aromatic rings. The molecule has 0 aliphatic heterocycles. The molecule has 1 heterocycles. The van der Waals surface area contributed by atoms with Crippen LogP contribution in [-0.2, 0) is 16.1 Å². The van der Waals surface area contributed by atoms with Gasteiger partial charge in [-0.1, -0.05) is 18.2 Å². The third-order valence-corrected chi connectivity index (χ3v) is 3.06. The van der Waals surface area contributed by atoms with E-state index in [1.807, 2.05) is 12.1 Å². The van der Waals surface area contributed by atoms with Gasteiger partial charge in [0.2, 0.25) is 11.8 Å². The lowest BCUT2D eigenvalue weighted by molar-refractivity contribution is -0.140. The highest BCUT2D eigenvalue weighted by atomic mass is 19.4. The standard InChI is InChI=1S/C15H15F3N4O2/c16-15(17,18)9-21-14(24)7-13(23)20-8-11-3-1-2-4-12(11)22-6-5-19-10-22/h1-6,10H,7-9H2,(H,20,23)(H,21,24). The average molecular weight is 340 g/mol. The zero-order chi connectivity index (χ0) is 17.6. The third kappa shape index (κ3) is 5.41. The van der Waals surface area contributed by atoms with Crippen molar-refractivity contribution < 1.29 is 22.8 Å². The lowest BCUT2D eigenvalue weighted by Gasteiger charge is -2.11. The SMILES string of the molecule is O=C(CC(=O)NCC(F)(F)F)NCc1ccccc1-n1ccnc1. The molecule has 128 valence electrons. The quantitative estimate of drug-likeness (QED) is 0.784. The molecule has 0 atom stereocenters. The lowest BCUT2D eigenvalue weighted by atomic mass is 10.1. The second kappa shape index (κ2) is 7.62. The second-order valence-electron chi connectivity index (χ2n) is 4.94. The van der Waals surface area contributed by atoms with Gasteiger partial charge in [0.15, 0.2) is 0 Å². The number of nitrogens with zero attached hydrogens (tertiary/aromatic N) is 2. The summed E-state index contributed by atoms with van der Waals surface area (Å²) in [7, 11) is 0. The van der Waals surface area contributed by atoms with E-state index in [1.165, 1.54) is 0 Å². The van der Waals surface area contributed by atoms with Crippen molar-refractivity contribution in [3.63, 3.8) is 0 Å². The first-order chi connectivity index (χ1) is 11.3. The van der Waals surface area contributed by atoms with E-state index in [9.17, 15) is 22.8 Å². The number of rotatable bonds is 6. The zero-order valence-corrected chi connectivity index (χ0v) is 12.5. The fourth-order valence-electron chi connectivity index (χ4n) is 1.98. The number of alkyl halides is 3. The molecular weight excluding hydrogens is 325 g/mol. The number of halogens is 3. The maximum atomic E-state index is 12.0.